The number of para-hydroxylation sites is 1. The van der Waals surface area contributed by atoms with Gasteiger partial charge in [-0.25, -0.2) is 0 Å². The van der Waals surface area contributed by atoms with Gasteiger partial charge in [-0.05, 0) is 0 Å². The summed E-state index contributed by atoms with van der Waals surface area (Å²) in [5, 5.41) is 0.829. The second kappa shape index (κ2) is 5.79. The van der Waals surface area contributed by atoms with Crippen LogP contribution in [0.4, 0.5) is 4.79 Å². The number of allylic oxidation sites excluding steroid dienone is 1. The third-order valence-electron chi connectivity index (χ3n) is 3.21. The molecule has 5 nitrogen and oxygen atoms in total. The Hall–Kier alpha value is -0.990. The minimum absolute atomic E-state index is 0.0580. The number of halogens is 2. The standard InChI is InChI=1S/C13H15ClIN3O2/c14-10-5-6-12-15(7-10)18(13(19)17-16)8-9-3-1-2-4-11(9)20-12/h1-4,7,12H,5-6,8,16H2,(H,17,19). The maximum atomic E-state index is 12.1. The number of carbonyl (C=O) groups excluding carboxylic acids is 1. The molecule has 2 aliphatic heterocycles. The Balaban J connectivity index is 2.02. The van der Waals surface area contributed by atoms with Gasteiger partial charge in [0.25, 0.3) is 0 Å². The number of hydrogen-bond donors (Lipinski definition) is 2. The van der Waals surface area contributed by atoms with E-state index in [0.717, 1.165) is 29.2 Å². The number of hydrazine groups is 1. The number of alkyl halides is 1. The zero-order valence-corrected chi connectivity index (χ0v) is 13.6. The molecule has 2 amide bonds. The molecule has 108 valence electrons. The van der Waals surface area contributed by atoms with Gasteiger partial charge < -0.3 is 0 Å². The van der Waals surface area contributed by atoms with Crippen molar-refractivity contribution in [3.8, 4) is 5.75 Å². The van der Waals surface area contributed by atoms with Crippen LogP contribution in [0.5, 0.6) is 5.75 Å². The number of benzene rings is 1. The molecular weight excluding hydrogens is 393 g/mol. The zero-order chi connectivity index (χ0) is 14.1. The predicted molar refractivity (Wildman–Crippen MR) is 86.3 cm³/mol. The van der Waals surface area contributed by atoms with E-state index in [9.17, 15) is 4.79 Å². The number of nitrogens with one attached hydrogen (secondary N) is 1. The number of ether oxygens (including phenoxy) is 1. The van der Waals surface area contributed by atoms with Gasteiger partial charge in [0.05, 0.1) is 0 Å². The van der Waals surface area contributed by atoms with E-state index < -0.39 is 20.1 Å². The number of carbonyl (C=O) groups is 1. The summed E-state index contributed by atoms with van der Waals surface area (Å²) >= 11 is 4.18. The molecule has 20 heavy (non-hydrogen) atoms. The molecule has 0 radical (unpaired) electrons. The van der Waals surface area contributed by atoms with Crippen molar-refractivity contribution in [3.05, 3.63) is 38.9 Å². The Morgan fingerprint density at radius 1 is 1.50 bits per heavy atom. The van der Waals surface area contributed by atoms with Crippen LogP contribution in [-0.2, 0) is 6.54 Å². The molecule has 1 unspecified atom stereocenters. The van der Waals surface area contributed by atoms with Gasteiger partial charge in [0.1, 0.15) is 0 Å². The molecule has 2 aliphatic rings. The van der Waals surface area contributed by atoms with E-state index in [0.29, 0.717) is 6.54 Å². The van der Waals surface area contributed by atoms with Gasteiger partial charge in [0.15, 0.2) is 0 Å². The van der Waals surface area contributed by atoms with Crippen LogP contribution >= 0.6 is 31.7 Å². The minimum atomic E-state index is -1.99. The first-order valence-corrected chi connectivity index (χ1v) is 10.1. The van der Waals surface area contributed by atoms with Gasteiger partial charge in [-0.3, -0.25) is 0 Å². The van der Waals surface area contributed by atoms with Crippen molar-refractivity contribution in [1.29, 1.82) is 0 Å². The van der Waals surface area contributed by atoms with Gasteiger partial charge in [-0.1, -0.05) is 0 Å². The second-order valence-electron chi connectivity index (χ2n) is 4.52. The molecule has 0 fully saturated rings. The van der Waals surface area contributed by atoms with Gasteiger partial charge in [0, 0.05) is 0 Å². The molecule has 0 bridgehead atoms. The summed E-state index contributed by atoms with van der Waals surface area (Å²) < 4.78 is 10.1. The van der Waals surface area contributed by atoms with E-state index in [2.05, 4.69) is 5.43 Å². The Morgan fingerprint density at radius 2 is 2.30 bits per heavy atom. The van der Waals surface area contributed by atoms with Crippen molar-refractivity contribution in [1.82, 2.24) is 8.54 Å². The number of hydrogen-bond acceptors (Lipinski definition) is 3. The van der Waals surface area contributed by atoms with Crippen molar-refractivity contribution in [2.24, 2.45) is 5.84 Å². The Labute approximate surface area is 129 Å². The molecule has 1 aromatic carbocycles. The van der Waals surface area contributed by atoms with Crippen LogP contribution in [0.3, 0.4) is 0 Å². The fourth-order valence-electron chi connectivity index (χ4n) is 2.24. The fourth-order valence-corrected chi connectivity index (χ4v) is 8.30. The molecule has 0 saturated heterocycles. The first kappa shape index (κ1) is 14.0. The van der Waals surface area contributed by atoms with Crippen molar-refractivity contribution in [2.45, 2.75) is 23.5 Å². The molecule has 7 heteroatoms. The molecular formula is C13H15ClIN3O2. The van der Waals surface area contributed by atoms with Gasteiger partial charge in [0.2, 0.25) is 0 Å². The number of rotatable bonds is 0. The molecule has 0 saturated carbocycles. The van der Waals surface area contributed by atoms with E-state index in [1.54, 1.807) is 0 Å². The van der Waals surface area contributed by atoms with Crippen molar-refractivity contribution in [3.63, 3.8) is 0 Å². The van der Waals surface area contributed by atoms with E-state index in [1.165, 1.54) is 0 Å². The molecule has 0 aliphatic carbocycles. The van der Waals surface area contributed by atoms with Gasteiger partial charge in [-0.15, -0.1) is 0 Å². The average Bonchev–Trinajstić information content (AvgIpc) is 2.63. The summed E-state index contributed by atoms with van der Waals surface area (Å²) in [5.41, 5.74) is 3.25. The molecule has 3 rings (SSSR count). The summed E-state index contributed by atoms with van der Waals surface area (Å²) in [5.74, 6) is 6.18. The third kappa shape index (κ3) is 2.59. The number of nitrogens with two attached hydrogens (primary N) is 1. The van der Waals surface area contributed by atoms with E-state index in [-0.39, 0.29) is 10.1 Å². The zero-order valence-electron chi connectivity index (χ0n) is 10.7. The van der Waals surface area contributed by atoms with Crippen LogP contribution in [0, 0.1) is 0 Å². The van der Waals surface area contributed by atoms with Crippen molar-refractivity contribution in [2.75, 3.05) is 0 Å². The van der Waals surface area contributed by atoms with Crippen LogP contribution in [0.15, 0.2) is 33.4 Å². The summed E-state index contributed by atoms with van der Waals surface area (Å²) in [6.45, 7) is 0.515. The monoisotopic (exact) mass is 407 g/mol. The van der Waals surface area contributed by atoms with E-state index >= 15 is 0 Å². The van der Waals surface area contributed by atoms with Gasteiger partial charge in [-0.2, -0.15) is 0 Å². The van der Waals surface area contributed by atoms with E-state index in [1.807, 2.05) is 31.5 Å². The second-order valence-corrected chi connectivity index (χ2v) is 10.0. The van der Waals surface area contributed by atoms with Gasteiger partial charge >= 0.3 is 130 Å². The van der Waals surface area contributed by atoms with Crippen LogP contribution in [-0.4, -0.2) is 13.3 Å². The summed E-state index contributed by atoms with van der Waals surface area (Å²) in [7, 11) is 0. The molecule has 3 N–H and O–H groups in total. The van der Waals surface area contributed by atoms with Crippen molar-refractivity contribution >= 4 is 37.7 Å². The number of amides is 2. The summed E-state index contributed by atoms with van der Waals surface area (Å²) in [4.78, 5) is 12.1. The SMILES string of the molecule is NNC(=O)N1Cc2ccccc2OC2CCC(Cl)=CI21. The topological polar surface area (TPSA) is 67.6 Å². The molecule has 2 heterocycles. The molecule has 1 atom stereocenters. The van der Waals surface area contributed by atoms with Crippen LogP contribution in [0.1, 0.15) is 18.4 Å². The normalized spacial score (nSPS) is 22.9. The Bertz CT molecular complexity index is 566. The van der Waals surface area contributed by atoms with Crippen LogP contribution in [0.25, 0.3) is 0 Å². The summed E-state index contributed by atoms with van der Waals surface area (Å²) in [6.07, 6.45) is 1.66. The maximum absolute atomic E-state index is 12.1. The van der Waals surface area contributed by atoms with Crippen LogP contribution < -0.4 is 16.0 Å². The van der Waals surface area contributed by atoms with Crippen molar-refractivity contribution < 1.29 is 9.53 Å². The predicted octanol–water partition coefficient (Wildman–Crippen LogP) is 3.09. The van der Waals surface area contributed by atoms with E-state index in [4.69, 9.17) is 22.2 Å². The number of nitrogens with zero attached hydrogens (tertiary/aromatic N) is 1. The fraction of sp³-hybridized carbons (Fsp3) is 0.308. The Morgan fingerprint density at radius 3 is 3.10 bits per heavy atom. The molecule has 1 aromatic rings. The number of fused-ring (bicyclic) bond motifs is 2. The molecule has 0 aromatic heterocycles. The van der Waals surface area contributed by atoms with Crippen LogP contribution in [0.2, 0.25) is 0 Å². The quantitative estimate of drug-likeness (QED) is 0.173. The first-order valence-electron chi connectivity index (χ1n) is 6.25. The Kier molecular flexibility index (Phi) is 4.04. The molecule has 0 spiro atoms. The third-order valence-corrected chi connectivity index (χ3v) is 9.69. The first-order chi connectivity index (χ1) is 9.69. The average molecular weight is 408 g/mol. The summed E-state index contributed by atoms with van der Waals surface area (Å²) in [6, 6.07) is 7.56. The number of urea groups is 1.